The van der Waals surface area contributed by atoms with Gasteiger partial charge < -0.3 is 18.8 Å². The van der Waals surface area contributed by atoms with Gasteiger partial charge in [0.2, 0.25) is 11.2 Å². The van der Waals surface area contributed by atoms with Crippen molar-refractivity contribution in [2.45, 2.75) is 39.7 Å². The van der Waals surface area contributed by atoms with Crippen molar-refractivity contribution in [3.05, 3.63) is 106 Å². The number of carbonyl (C=O) groups is 1. The van der Waals surface area contributed by atoms with Crippen molar-refractivity contribution < 1.29 is 18.7 Å². The van der Waals surface area contributed by atoms with Crippen LogP contribution in [0.3, 0.4) is 0 Å². The van der Waals surface area contributed by atoms with Crippen LogP contribution < -0.4 is 19.8 Å². The second-order valence-electron chi connectivity index (χ2n) is 9.92. The predicted octanol–water partition coefficient (Wildman–Crippen LogP) is 6.00. The summed E-state index contributed by atoms with van der Waals surface area (Å²) in [7, 11) is 0. The third-order valence-electron chi connectivity index (χ3n) is 7.20. The van der Waals surface area contributed by atoms with Crippen LogP contribution >= 0.6 is 0 Å². The topological polar surface area (TPSA) is 86.8 Å². The van der Waals surface area contributed by atoms with Gasteiger partial charge in [-0.1, -0.05) is 43.3 Å². The number of hydrogen-bond donors (Lipinski definition) is 0. The van der Waals surface area contributed by atoms with Gasteiger partial charge in [-0.3, -0.25) is 9.59 Å². The number of nitrogens with zero attached hydrogens (tertiary/aromatic N) is 3. The molecule has 2 aromatic heterocycles. The van der Waals surface area contributed by atoms with E-state index >= 15 is 0 Å². The van der Waals surface area contributed by atoms with Crippen LogP contribution in [0.4, 0.5) is 5.69 Å². The monoisotopic (exact) mass is 535 g/mol. The molecule has 8 nitrogen and oxygen atoms in total. The Balaban J connectivity index is 1.25. The van der Waals surface area contributed by atoms with Crippen LogP contribution in [-0.2, 0) is 17.6 Å². The molecule has 0 aliphatic carbocycles. The van der Waals surface area contributed by atoms with Gasteiger partial charge in [0.1, 0.15) is 17.1 Å². The number of benzene rings is 3. The van der Waals surface area contributed by atoms with Crippen LogP contribution in [0.1, 0.15) is 30.7 Å². The standard InChI is InChI=1S/C32H29N3O5/c1-4-22-15-26-29(16-28(22)38-19-30(36)35-20(2)14-23-10-8-9-13-27(23)35)39-21(3)32(31(26)37)40-25-17-33-34(18-25)24-11-6-5-7-12-24/h5-13,15-18,20H,4,14,19H2,1-3H3. The van der Waals surface area contributed by atoms with Crippen LogP contribution in [-0.4, -0.2) is 28.3 Å². The SMILES string of the molecule is CCc1cc2c(=O)c(Oc3cnn(-c4ccccc4)c3)c(C)oc2cc1OCC(=O)N1c2ccccc2CC1C. The Morgan fingerprint density at radius 1 is 1.10 bits per heavy atom. The highest BCUT2D eigenvalue weighted by atomic mass is 16.5. The molecule has 0 radical (unpaired) electrons. The largest absolute Gasteiger partial charge is 0.483 e. The van der Waals surface area contributed by atoms with Crippen LogP contribution in [0.2, 0.25) is 0 Å². The molecule has 202 valence electrons. The lowest BCUT2D eigenvalue weighted by Crippen LogP contribution is -2.39. The van der Waals surface area contributed by atoms with Crippen molar-refractivity contribution in [3.8, 4) is 22.9 Å². The van der Waals surface area contributed by atoms with E-state index in [4.69, 9.17) is 13.9 Å². The number of rotatable bonds is 7. The van der Waals surface area contributed by atoms with E-state index in [-0.39, 0.29) is 29.7 Å². The number of hydrogen-bond acceptors (Lipinski definition) is 6. The molecule has 3 aromatic carbocycles. The highest BCUT2D eigenvalue weighted by Crippen LogP contribution is 2.33. The number of amides is 1. The van der Waals surface area contributed by atoms with Gasteiger partial charge in [0.25, 0.3) is 5.91 Å². The first-order chi connectivity index (χ1) is 19.4. The van der Waals surface area contributed by atoms with Gasteiger partial charge in [-0.25, -0.2) is 4.68 Å². The Morgan fingerprint density at radius 3 is 2.67 bits per heavy atom. The van der Waals surface area contributed by atoms with Crippen LogP contribution in [0.5, 0.6) is 17.2 Å². The van der Waals surface area contributed by atoms with Crippen molar-refractivity contribution in [3.63, 3.8) is 0 Å². The quantitative estimate of drug-likeness (QED) is 0.254. The van der Waals surface area contributed by atoms with E-state index in [2.05, 4.69) is 11.2 Å². The minimum Gasteiger partial charge on any atom is -0.483 e. The second kappa shape index (κ2) is 10.4. The summed E-state index contributed by atoms with van der Waals surface area (Å²) in [4.78, 5) is 28.5. The Labute approximate surface area is 231 Å². The molecule has 0 saturated carbocycles. The molecule has 8 heteroatoms. The number of fused-ring (bicyclic) bond motifs is 2. The predicted molar refractivity (Wildman–Crippen MR) is 153 cm³/mol. The van der Waals surface area contributed by atoms with Gasteiger partial charge in [-0.05, 0) is 62.1 Å². The average molecular weight is 536 g/mol. The Bertz CT molecular complexity index is 1770. The normalized spacial score (nSPS) is 14.4. The minimum absolute atomic E-state index is 0.0645. The van der Waals surface area contributed by atoms with E-state index in [1.165, 1.54) is 0 Å². The highest BCUT2D eigenvalue weighted by Gasteiger charge is 2.31. The molecule has 0 saturated heterocycles. The molecule has 6 rings (SSSR count). The molecule has 40 heavy (non-hydrogen) atoms. The summed E-state index contributed by atoms with van der Waals surface area (Å²) in [5, 5.41) is 4.72. The van der Waals surface area contributed by atoms with E-state index in [0.717, 1.165) is 28.9 Å². The van der Waals surface area contributed by atoms with Gasteiger partial charge >= 0.3 is 0 Å². The fourth-order valence-corrected chi connectivity index (χ4v) is 5.24. The molecule has 1 amide bonds. The highest BCUT2D eigenvalue weighted by molar-refractivity contribution is 5.97. The molecule has 1 aliphatic heterocycles. The first-order valence-electron chi connectivity index (χ1n) is 13.3. The first kappa shape index (κ1) is 25.4. The number of carbonyl (C=O) groups excluding carboxylic acids is 1. The van der Waals surface area contributed by atoms with Crippen molar-refractivity contribution in [1.82, 2.24) is 9.78 Å². The molecular formula is C32H29N3O5. The van der Waals surface area contributed by atoms with E-state index in [1.54, 1.807) is 41.0 Å². The van der Waals surface area contributed by atoms with Crippen LogP contribution in [0.15, 0.2) is 88.3 Å². The molecule has 3 heterocycles. The van der Waals surface area contributed by atoms with Crippen molar-refractivity contribution in [2.24, 2.45) is 0 Å². The lowest BCUT2D eigenvalue weighted by atomic mass is 10.1. The van der Waals surface area contributed by atoms with Crippen molar-refractivity contribution in [2.75, 3.05) is 11.5 Å². The van der Waals surface area contributed by atoms with E-state index in [0.29, 0.717) is 34.6 Å². The van der Waals surface area contributed by atoms with Crippen molar-refractivity contribution in [1.29, 1.82) is 0 Å². The van der Waals surface area contributed by atoms with Gasteiger partial charge in [-0.2, -0.15) is 5.10 Å². The number of ether oxygens (including phenoxy) is 2. The van der Waals surface area contributed by atoms with Gasteiger partial charge in [0.05, 0.1) is 23.5 Å². The molecule has 1 aliphatic rings. The molecule has 0 bridgehead atoms. The Morgan fingerprint density at radius 2 is 1.88 bits per heavy atom. The summed E-state index contributed by atoms with van der Waals surface area (Å²) >= 11 is 0. The van der Waals surface area contributed by atoms with E-state index in [1.807, 2.05) is 62.4 Å². The van der Waals surface area contributed by atoms with Crippen LogP contribution in [0, 0.1) is 6.92 Å². The lowest BCUT2D eigenvalue weighted by Gasteiger charge is -2.23. The minimum atomic E-state index is -0.286. The maximum Gasteiger partial charge on any atom is 0.265 e. The zero-order chi connectivity index (χ0) is 27.8. The zero-order valence-corrected chi connectivity index (χ0v) is 22.6. The third-order valence-corrected chi connectivity index (χ3v) is 7.20. The molecule has 1 atom stereocenters. The average Bonchev–Trinajstić information content (AvgIpc) is 3.57. The molecule has 5 aromatic rings. The van der Waals surface area contributed by atoms with Crippen LogP contribution in [0.25, 0.3) is 16.7 Å². The summed E-state index contributed by atoms with van der Waals surface area (Å²) in [5.41, 5.74) is 3.85. The molecule has 0 fully saturated rings. The van der Waals surface area contributed by atoms with Gasteiger partial charge in [-0.15, -0.1) is 0 Å². The number of aromatic nitrogens is 2. The summed E-state index contributed by atoms with van der Waals surface area (Å²) < 4.78 is 19.7. The fourth-order valence-electron chi connectivity index (χ4n) is 5.24. The molecule has 1 unspecified atom stereocenters. The van der Waals surface area contributed by atoms with E-state index < -0.39 is 0 Å². The Hall–Kier alpha value is -4.85. The smallest absolute Gasteiger partial charge is 0.265 e. The number of aryl methyl sites for hydroxylation is 2. The third kappa shape index (κ3) is 4.62. The maximum absolute atomic E-state index is 13.5. The molecule has 0 N–H and O–H groups in total. The maximum atomic E-state index is 13.5. The lowest BCUT2D eigenvalue weighted by molar-refractivity contribution is -0.120. The zero-order valence-electron chi connectivity index (χ0n) is 22.6. The fraction of sp³-hybridized carbons (Fsp3) is 0.219. The Kier molecular flexibility index (Phi) is 6.59. The summed E-state index contributed by atoms with van der Waals surface area (Å²) in [5.74, 6) is 1.26. The molecular weight excluding hydrogens is 506 g/mol. The summed E-state index contributed by atoms with van der Waals surface area (Å²) in [6.07, 6.45) is 4.69. The first-order valence-corrected chi connectivity index (χ1v) is 13.3. The van der Waals surface area contributed by atoms with Gasteiger partial charge in [0, 0.05) is 17.8 Å². The number of para-hydroxylation sites is 2. The summed E-state index contributed by atoms with van der Waals surface area (Å²) in [6.45, 7) is 5.57. The summed E-state index contributed by atoms with van der Waals surface area (Å²) in [6, 6.07) is 21.1. The number of anilines is 1. The van der Waals surface area contributed by atoms with E-state index in [9.17, 15) is 9.59 Å². The second-order valence-corrected chi connectivity index (χ2v) is 9.92. The van der Waals surface area contributed by atoms with Gasteiger partial charge in [0.15, 0.2) is 12.4 Å². The molecule has 0 spiro atoms. The van der Waals surface area contributed by atoms with Crippen molar-refractivity contribution >= 4 is 22.6 Å².